The smallest absolute Gasteiger partial charge is 0.161 e. The Bertz CT molecular complexity index is 560. The van der Waals surface area contributed by atoms with E-state index >= 15 is 0 Å². The zero-order chi connectivity index (χ0) is 15.7. The molecule has 0 amide bonds. The highest BCUT2D eigenvalue weighted by molar-refractivity contribution is 5.40. The van der Waals surface area contributed by atoms with E-state index in [1.54, 1.807) is 0 Å². The molecule has 0 aromatic heterocycles. The fourth-order valence-corrected chi connectivity index (χ4v) is 2.20. The molecule has 1 aliphatic rings. The minimum Gasteiger partial charge on any atom is -0.487 e. The van der Waals surface area contributed by atoms with Crippen LogP contribution in [0.15, 0.2) is 48.5 Å². The Morgan fingerprint density at radius 1 is 0.435 bits per heavy atom. The highest BCUT2D eigenvalue weighted by Crippen LogP contribution is 2.28. The van der Waals surface area contributed by atoms with Gasteiger partial charge < -0.3 is 23.7 Å². The summed E-state index contributed by atoms with van der Waals surface area (Å²) in [7, 11) is 0. The van der Waals surface area contributed by atoms with Crippen molar-refractivity contribution in [1.29, 1.82) is 0 Å². The first-order valence-corrected chi connectivity index (χ1v) is 7.70. The molecule has 3 rings (SSSR count). The molecular weight excluding hydrogens is 296 g/mol. The Morgan fingerprint density at radius 2 is 0.739 bits per heavy atom. The first kappa shape index (κ1) is 15.5. The Balaban J connectivity index is 1.68. The fourth-order valence-electron chi connectivity index (χ4n) is 2.20. The van der Waals surface area contributed by atoms with Gasteiger partial charge in [-0.2, -0.15) is 0 Å². The molecule has 0 atom stereocenters. The van der Waals surface area contributed by atoms with Crippen molar-refractivity contribution < 1.29 is 23.7 Å². The van der Waals surface area contributed by atoms with Crippen molar-refractivity contribution in [3.8, 4) is 23.0 Å². The quantitative estimate of drug-likeness (QED) is 0.748. The summed E-state index contributed by atoms with van der Waals surface area (Å²) in [5, 5.41) is 0. The lowest BCUT2D eigenvalue weighted by atomic mass is 10.3. The molecule has 0 fully saturated rings. The van der Waals surface area contributed by atoms with Gasteiger partial charge in [0, 0.05) is 0 Å². The summed E-state index contributed by atoms with van der Waals surface area (Å²) in [6.07, 6.45) is 0. The summed E-state index contributed by atoms with van der Waals surface area (Å²) < 4.78 is 28.4. The number of rotatable bonds is 0. The maximum atomic E-state index is 5.75. The molecule has 0 N–H and O–H groups in total. The van der Waals surface area contributed by atoms with Crippen LogP contribution in [-0.4, -0.2) is 39.6 Å². The van der Waals surface area contributed by atoms with E-state index in [-0.39, 0.29) is 0 Å². The molecule has 1 aliphatic heterocycles. The first-order chi connectivity index (χ1) is 11.4. The summed E-state index contributed by atoms with van der Waals surface area (Å²) >= 11 is 0. The topological polar surface area (TPSA) is 46.2 Å². The first-order valence-electron chi connectivity index (χ1n) is 7.70. The predicted molar refractivity (Wildman–Crippen MR) is 85.7 cm³/mol. The maximum Gasteiger partial charge on any atom is 0.161 e. The SMILES string of the molecule is c1ccc2c(c1)OCCOCCOc1ccccc1OCCO2. The lowest BCUT2D eigenvalue weighted by Gasteiger charge is -2.13. The second-order valence-corrected chi connectivity index (χ2v) is 4.90. The molecule has 0 bridgehead atoms. The summed E-state index contributed by atoms with van der Waals surface area (Å²) in [4.78, 5) is 0. The number of benzene rings is 2. The van der Waals surface area contributed by atoms with E-state index in [9.17, 15) is 0 Å². The molecule has 5 heteroatoms. The molecule has 0 unspecified atom stereocenters. The lowest BCUT2D eigenvalue weighted by molar-refractivity contribution is 0.0754. The largest absolute Gasteiger partial charge is 0.487 e. The van der Waals surface area contributed by atoms with Crippen molar-refractivity contribution in [3.63, 3.8) is 0 Å². The van der Waals surface area contributed by atoms with Crippen LogP contribution in [0.4, 0.5) is 0 Å². The van der Waals surface area contributed by atoms with Gasteiger partial charge >= 0.3 is 0 Å². The van der Waals surface area contributed by atoms with Crippen molar-refractivity contribution in [2.45, 2.75) is 0 Å². The van der Waals surface area contributed by atoms with Crippen LogP contribution in [0.2, 0.25) is 0 Å². The van der Waals surface area contributed by atoms with Crippen LogP contribution in [0, 0.1) is 0 Å². The van der Waals surface area contributed by atoms with Crippen LogP contribution in [0.5, 0.6) is 23.0 Å². The second-order valence-electron chi connectivity index (χ2n) is 4.90. The van der Waals surface area contributed by atoms with Crippen molar-refractivity contribution in [1.82, 2.24) is 0 Å². The molecule has 0 radical (unpaired) electrons. The van der Waals surface area contributed by atoms with E-state index in [1.165, 1.54) is 0 Å². The molecule has 2 aromatic rings. The van der Waals surface area contributed by atoms with Crippen molar-refractivity contribution >= 4 is 0 Å². The zero-order valence-electron chi connectivity index (χ0n) is 12.9. The van der Waals surface area contributed by atoms with Crippen molar-refractivity contribution in [2.75, 3.05) is 39.6 Å². The fraction of sp³-hybridized carbons (Fsp3) is 0.333. The normalized spacial score (nSPS) is 16.0. The second kappa shape index (κ2) is 8.29. The highest BCUT2D eigenvalue weighted by Gasteiger charge is 2.07. The van der Waals surface area contributed by atoms with Gasteiger partial charge in [-0.25, -0.2) is 0 Å². The molecule has 0 saturated heterocycles. The Labute approximate surface area is 135 Å². The van der Waals surface area contributed by atoms with E-state index in [1.807, 2.05) is 48.5 Å². The van der Waals surface area contributed by atoms with E-state index in [2.05, 4.69) is 0 Å². The Hall–Kier alpha value is -2.40. The zero-order valence-corrected chi connectivity index (χ0v) is 12.9. The van der Waals surface area contributed by atoms with Crippen LogP contribution in [-0.2, 0) is 4.74 Å². The predicted octanol–water partition coefficient (Wildman–Crippen LogP) is 2.93. The molecule has 0 aliphatic carbocycles. The van der Waals surface area contributed by atoms with Gasteiger partial charge in [0.1, 0.15) is 26.4 Å². The van der Waals surface area contributed by atoms with E-state index in [4.69, 9.17) is 23.7 Å². The summed E-state index contributed by atoms with van der Waals surface area (Å²) in [6.45, 7) is 2.77. The van der Waals surface area contributed by atoms with Gasteiger partial charge in [-0.05, 0) is 24.3 Å². The maximum absolute atomic E-state index is 5.75. The van der Waals surface area contributed by atoms with Crippen LogP contribution in [0.3, 0.4) is 0 Å². The summed E-state index contributed by atoms with van der Waals surface area (Å²) in [6, 6.07) is 15.2. The van der Waals surface area contributed by atoms with Gasteiger partial charge in [-0.3, -0.25) is 0 Å². The molecule has 23 heavy (non-hydrogen) atoms. The van der Waals surface area contributed by atoms with Crippen molar-refractivity contribution in [2.24, 2.45) is 0 Å². The van der Waals surface area contributed by atoms with E-state index < -0.39 is 0 Å². The van der Waals surface area contributed by atoms with Gasteiger partial charge in [-0.1, -0.05) is 24.3 Å². The van der Waals surface area contributed by atoms with Crippen LogP contribution in [0.25, 0.3) is 0 Å². The summed E-state index contributed by atoms with van der Waals surface area (Å²) in [5.41, 5.74) is 0. The monoisotopic (exact) mass is 316 g/mol. The minimum absolute atomic E-state index is 0.422. The number of hydrogen-bond acceptors (Lipinski definition) is 5. The molecule has 1 heterocycles. The number of fused-ring (bicyclic) bond motifs is 2. The van der Waals surface area contributed by atoms with Crippen LogP contribution in [0.1, 0.15) is 0 Å². The van der Waals surface area contributed by atoms with Gasteiger partial charge in [0.05, 0.1) is 13.2 Å². The highest BCUT2D eigenvalue weighted by atomic mass is 16.6. The standard InChI is InChI=1S/C18H20O5/c1-3-7-17-15(5-1)20-11-9-19-10-12-21-16-6-2-4-8-18(16)23-14-13-22-17/h1-8H,9-14H2. The average molecular weight is 316 g/mol. The molecule has 2 aromatic carbocycles. The van der Waals surface area contributed by atoms with Gasteiger partial charge in [0.15, 0.2) is 23.0 Å². The third kappa shape index (κ3) is 4.53. The van der Waals surface area contributed by atoms with E-state index in [0.717, 1.165) is 0 Å². The number of ether oxygens (including phenoxy) is 5. The third-order valence-corrected chi connectivity index (χ3v) is 3.27. The lowest BCUT2D eigenvalue weighted by Crippen LogP contribution is -2.12. The number of para-hydroxylation sites is 4. The molecule has 0 saturated carbocycles. The van der Waals surface area contributed by atoms with Gasteiger partial charge in [0.2, 0.25) is 0 Å². The number of hydrogen-bond donors (Lipinski definition) is 0. The minimum atomic E-state index is 0.422. The van der Waals surface area contributed by atoms with Gasteiger partial charge in [0.25, 0.3) is 0 Å². The molecule has 5 nitrogen and oxygen atoms in total. The van der Waals surface area contributed by atoms with E-state index in [0.29, 0.717) is 62.6 Å². The Kier molecular flexibility index (Phi) is 5.58. The van der Waals surface area contributed by atoms with Crippen molar-refractivity contribution in [3.05, 3.63) is 48.5 Å². The van der Waals surface area contributed by atoms with Gasteiger partial charge in [-0.15, -0.1) is 0 Å². The average Bonchev–Trinajstić information content (AvgIpc) is 2.60. The Morgan fingerprint density at radius 3 is 1.09 bits per heavy atom. The molecule has 122 valence electrons. The third-order valence-electron chi connectivity index (χ3n) is 3.27. The molecule has 0 spiro atoms. The van der Waals surface area contributed by atoms with Crippen LogP contribution >= 0.6 is 0 Å². The van der Waals surface area contributed by atoms with Crippen LogP contribution < -0.4 is 18.9 Å². The molecular formula is C18H20O5. The summed E-state index contributed by atoms with van der Waals surface area (Å²) in [5.74, 6) is 2.83.